The first-order valence-electron chi connectivity index (χ1n) is 5.27. The Morgan fingerprint density at radius 1 is 0.875 bits per heavy atom. The van der Waals surface area contributed by atoms with Gasteiger partial charge < -0.3 is 0 Å². The lowest BCUT2D eigenvalue weighted by atomic mass is 10.4. The maximum absolute atomic E-state index is 10.7. The zero-order valence-corrected chi connectivity index (χ0v) is 9.60. The van der Waals surface area contributed by atoms with Gasteiger partial charge in [-0.3, -0.25) is 0 Å². The van der Waals surface area contributed by atoms with Crippen molar-refractivity contribution in [1.29, 1.82) is 0 Å². The van der Waals surface area contributed by atoms with Gasteiger partial charge in [-0.2, -0.15) is 14.6 Å². The van der Waals surface area contributed by atoms with Crippen LogP contribution in [-0.2, 0) is 29.6 Å². The fourth-order valence-electron chi connectivity index (χ4n) is 0.592. The quantitative estimate of drug-likeness (QED) is 0.329. The number of carbonyl (C=O) groups is 1. The van der Waals surface area contributed by atoms with Crippen LogP contribution in [0, 0.1) is 0 Å². The predicted octanol–water partition coefficient (Wildman–Crippen LogP) is 2.47. The van der Waals surface area contributed by atoms with Gasteiger partial charge in [0.2, 0.25) is 0 Å². The Bertz CT molecular complexity index is 146. The number of rotatable bonds is 10. The summed E-state index contributed by atoms with van der Waals surface area (Å²) in [5, 5.41) is 8.13. The summed E-state index contributed by atoms with van der Waals surface area (Å²) >= 11 is 0. The zero-order valence-electron chi connectivity index (χ0n) is 9.60. The molecule has 0 aliphatic carbocycles. The molecule has 0 saturated heterocycles. The van der Waals surface area contributed by atoms with Crippen LogP contribution in [-0.4, -0.2) is 19.4 Å². The van der Waals surface area contributed by atoms with Gasteiger partial charge in [0.25, 0.3) is 0 Å². The molecule has 0 aliphatic heterocycles. The van der Waals surface area contributed by atoms with Crippen LogP contribution in [0.3, 0.4) is 0 Å². The molecular weight excluding hydrogens is 220 g/mol. The Kier molecular flexibility index (Phi) is 11.5. The molecule has 0 rings (SSSR count). The molecule has 0 aromatic heterocycles. The van der Waals surface area contributed by atoms with Crippen LogP contribution in [0.2, 0.25) is 0 Å². The van der Waals surface area contributed by atoms with Crippen LogP contribution in [0.1, 0.15) is 39.5 Å². The van der Waals surface area contributed by atoms with Crippen molar-refractivity contribution in [1.82, 2.24) is 0 Å². The van der Waals surface area contributed by atoms with Crippen LogP contribution in [0.5, 0.6) is 0 Å². The number of hydrogen-bond donors (Lipinski definition) is 0. The lowest BCUT2D eigenvalue weighted by molar-refractivity contribution is -0.527. The van der Waals surface area contributed by atoms with Crippen molar-refractivity contribution in [2.24, 2.45) is 0 Å². The molecule has 0 radical (unpaired) electrons. The predicted molar refractivity (Wildman–Crippen MR) is 51.5 cm³/mol. The highest BCUT2D eigenvalue weighted by molar-refractivity contribution is 5.57. The highest BCUT2D eigenvalue weighted by Gasteiger charge is 2.07. The summed E-state index contributed by atoms with van der Waals surface area (Å²) in [5.74, 6) is 0. The van der Waals surface area contributed by atoms with Gasteiger partial charge in [-0.1, -0.05) is 26.7 Å². The van der Waals surface area contributed by atoms with Crippen LogP contribution in [0.15, 0.2) is 0 Å². The molecule has 0 atom stereocenters. The second kappa shape index (κ2) is 12.2. The van der Waals surface area contributed by atoms with Crippen LogP contribution < -0.4 is 0 Å². The minimum Gasteiger partial charge on any atom is -0.226 e. The standard InChI is InChI=1S/C9H18O7/c1-3-5-7-11-15-13-9(10)14-16-12-8-6-4-2/h3-8H2,1-2H3. The fourth-order valence-corrected chi connectivity index (χ4v) is 0.592. The van der Waals surface area contributed by atoms with Crippen LogP contribution >= 0.6 is 0 Å². The van der Waals surface area contributed by atoms with Gasteiger partial charge in [0.1, 0.15) is 0 Å². The first-order chi connectivity index (χ1) is 7.81. The van der Waals surface area contributed by atoms with Crippen molar-refractivity contribution in [3.05, 3.63) is 0 Å². The number of hydrogen-bond acceptors (Lipinski definition) is 7. The molecule has 96 valence electrons. The molecule has 0 saturated carbocycles. The van der Waals surface area contributed by atoms with Gasteiger partial charge in [0.15, 0.2) is 0 Å². The van der Waals surface area contributed by atoms with E-state index in [2.05, 4.69) is 29.6 Å². The van der Waals surface area contributed by atoms with E-state index in [9.17, 15) is 4.79 Å². The Morgan fingerprint density at radius 3 is 1.69 bits per heavy atom. The third kappa shape index (κ3) is 11.2. The molecule has 0 fully saturated rings. The van der Waals surface area contributed by atoms with E-state index in [0.29, 0.717) is 13.2 Å². The summed E-state index contributed by atoms with van der Waals surface area (Å²) in [4.78, 5) is 27.6. The molecular formula is C9H18O7. The highest BCUT2D eigenvalue weighted by atomic mass is 17.6. The average Bonchev–Trinajstić information content (AvgIpc) is 2.28. The summed E-state index contributed by atoms with van der Waals surface area (Å²) in [6, 6.07) is 0. The average molecular weight is 238 g/mol. The smallest absolute Gasteiger partial charge is 0.226 e. The second-order valence-corrected chi connectivity index (χ2v) is 2.90. The van der Waals surface area contributed by atoms with E-state index in [4.69, 9.17) is 0 Å². The molecule has 0 aromatic rings. The summed E-state index contributed by atoms with van der Waals surface area (Å²) in [5.41, 5.74) is 0. The van der Waals surface area contributed by atoms with Crippen molar-refractivity contribution in [3.8, 4) is 0 Å². The Labute approximate surface area is 94.2 Å². The van der Waals surface area contributed by atoms with E-state index >= 15 is 0 Å². The largest absolute Gasteiger partial charge is 0.577 e. The fraction of sp³-hybridized carbons (Fsp3) is 0.889. The third-order valence-electron chi connectivity index (χ3n) is 1.46. The van der Waals surface area contributed by atoms with Gasteiger partial charge in [-0.05, 0) is 22.9 Å². The molecule has 7 nitrogen and oxygen atoms in total. The van der Waals surface area contributed by atoms with Crippen molar-refractivity contribution in [2.75, 3.05) is 13.2 Å². The highest BCUT2D eigenvalue weighted by Crippen LogP contribution is 1.94. The van der Waals surface area contributed by atoms with E-state index in [1.54, 1.807) is 0 Å². The molecule has 0 heterocycles. The lowest BCUT2D eigenvalue weighted by Crippen LogP contribution is -2.10. The summed E-state index contributed by atoms with van der Waals surface area (Å²) in [7, 11) is 0. The first-order valence-corrected chi connectivity index (χ1v) is 5.27. The van der Waals surface area contributed by atoms with E-state index in [1.807, 2.05) is 13.8 Å². The first kappa shape index (κ1) is 15.1. The Hall–Kier alpha value is -0.890. The Morgan fingerprint density at radius 2 is 1.31 bits per heavy atom. The van der Waals surface area contributed by atoms with Gasteiger partial charge in [-0.15, -0.1) is 0 Å². The van der Waals surface area contributed by atoms with Gasteiger partial charge in [0.05, 0.1) is 13.2 Å². The van der Waals surface area contributed by atoms with E-state index in [-0.39, 0.29) is 0 Å². The number of carbonyl (C=O) groups excluding carboxylic acids is 1. The summed E-state index contributed by atoms with van der Waals surface area (Å²) < 4.78 is 0. The lowest BCUT2D eigenvalue weighted by Gasteiger charge is -2.02. The minimum absolute atomic E-state index is 0.331. The van der Waals surface area contributed by atoms with E-state index < -0.39 is 6.16 Å². The zero-order chi connectivity index (χ0) is 12.1. The SMILES string of the molecule is CCCCOOOC(=O)OOOCCCC. The molecule has 7 heteroatoms. The topological polar surface area (TPSA) is 72.5 Å². The second-order valence-electron chi connectivity index (χ2n) is 2.90. The van der Waals surface area contributed by atoms with Gasteiger partial charge >= 0.3 is 6.16 Å². The molecule has 0 N–H and O–H groups in total. The Balaban J connectivity index is 3.12. The maximum atomic E-state index is 10.7. The maximum Gasteiger partial charge on any atom is 0.577 e. The molecule has 16 heavy (non-hydrogen) atoms. The molecule has 0 amide bonds. The minimum atomic E-state index is -1.20. The molecule has 0 aliphatic rings. The van der Waals surface area contributed by atoms with Gasteiger partial charge in [-0.25, -0.2) is 9.78 Å². The third-order valence-corrected chi connectivity index (χ3v) is 1.46. The van der Waals surface area contributed by atoms with Crippen molar-refractivity contribution < 1.29 is 34.4 Å². The molecule has 0 bridgehead atoms. The van der Waals surface area contributed by atoms with Crippen molar-refractivity contribution in [3.63, 3.8) is 0 Å². The number of unbranched alkanes of at least 4 members (excludes halogenated alkanes) is 2. The molecule has 0 aromatic carbocycles. The summed E-state index contributed by atoms with van der Waals surface area (Å²) in [6.45, 7) is 4.63. The normalized spacial score (nSPS) is 10.1. The van der Waals surface area contributed by atoms with Crippen molar-refractivity contribution >= 4 is 6.16 Å². The van der Waals surface area contributed by atoms with Crippen molar-refractivity contribution in [2.45, 2.75) is 39.5 Å². The summed E-state index contributed by atoms with van der Waals surface area (Å²) in [6.07, 6.45) is 2.29. The van der Waals surface area contributed by atoms with Crippen LogP contribution in [0.4, 0.5) is 4.79 Å². The van der Waals surface area contributed by atoms with Crippen LogP contribution in [0.25, 0.3) is 0 Å². The monoisotopic (exact) mass is 238 g/mol. The van der Waals surface area contributed by atoms with E-state index in [0.717, 1.165) is 25.7 Å². The van der Waals surface area contributed by atoms with Gasteiger partial charge in [0, 0.05) is 0 Å². The molecule has 0 spiro atoms. The van der Waals surface area contributed by atoms with E-state index in [1.165, 1.54) is 0 Å². The molecule has 0 unspecified atom stereocenters.